The van der Waals surface area contributed by atoms with Crippen LogP contribution in [0, 0.1) is 6.92 Å². The first kappa shape index (κ1) is 10.5. The molecule has 2 rings (SSSR count). The van der Waals surface area contributed by atoms with Gasteiger partial charge in [-0.1, -0.05) is 23.9 Å². The van der Waals surface area contributed by atoms with Crippen molar-refractivity contribution >= 4 is 17.6 Å². The fourth-order valence-electron chi connectivity index (χ4n) is 1.63. The Kier molecular flexibility index (Phi) is 3.26. The molecule has 80 valence electrons. The van der Waals surface area contributed by atoms with Crippen molar-refractivity contribution < 1.29 is 0 Å². The zero-order chi connectivity index (χ0) is 10.7. The van der Waals surface area contributed by atoms with E-state index < -0.39 is 0 Å². The van der Waals surface area contributed by atoms with Crippen molar-refractivity contribution in [2.45, 2.75) is 18.5 Å². The maximum Gasteiger partial charge on any atom is 0.189 e. The van der Waals surface area contributed by atoms with Gasteiger partial charge in [0.05, 0.1) is 0 Å². The Balaban J connectivity index is 2.26. The van der Waals surface area contributed by atoms with Crippen LogP contribution in [0.1, 0.15) is 12.1 Å². The van der Waals surface area contributed by atoms with E-state index >= 15 is 0 Å². The maximum absolute atomic E-state index is 4.52. The van der Waals surface area contributed by atoms with Crippen LogP contribution >= 0.6 is 11.8 Å². The molecule has 0 bridgehead atoms. The van der Waals surface area contributed by atoms with Crippen molar-refractivity contribution in [3.05, 3.63) is 23.9 Å². The van der Waals surface area contributed by atoms with Gasteiger partial charge in [-0.2, -0.15) is 0 Å². The highest BCUT2D eigenvalue weighted by atomic mass is 32.2. The van der Waals surface area contributed by atoms with Crippen LogP contribution in [0.4, 0.5) is 5.82 Å². The van der Waals surface area contributed by atoms with E-state index in [0.717, 1.165) is 36.2 Å². The second-order valence-electron chi connectivity index (χ2n) is 3.56. The summed E-state index contributed by atoms with van der Waals surface area (Å²) in [6, 6.07) is 2.05. The quantitative estimate of drug-likeness (QED) is 0.435. The Morgan fingerprint density at radius 3 is 2.87 bits per heavy atom. The molecule has 4 heteroatoms. The third-order valence-electron chi connectivity index (χ3n) is 2.38. The molecule has 0 saturated heterocycles. The summed E-state index contributed by atoms with van der Waals surface area (Å²) >= 11 is 1.59. The highest BCUT2D eigenvalue weighted by Gasteiger charge is 2.10. The zero-order valence-electron chi connectivity index (χ0n) is 9.10. The molecular formula is C11H15N3S. The lowest BCUT2D eigenvalue weighted by Crippen LogP contribution is -2.27. The number of aryl methyl sites for hydroxylation is 1. The van der Waals surface area contributed by atoms with Crippen molar-refractivity contribution in [2.75, 3.05) is 24.2 Å². The van der Waals surface area contributed by atoms with Gasteiger partial charge in [-0.25, -0.2) is 9.97 Å². The Bertz CT molecular complexity index is 376. The zero-order valence-corrected chi connectivity index (χ0v) is 9.92. The summed E-state index contributed by atoms with van der Waals surface area (Å²) in [5.41, 5.74) is 1.04. The van der Waals surface area contributed by atoms with E-state index in [1.165, 1.54) is 0 Å². The summed E-state index contributed by atoms with van der Waals surface area (Å²) in [6.07, 6.45) is 7.53. The molecule has 1 aromatic rings. The van der Waals surface area contributed by atoms with Gasteiger partial charge < -0.3 is 4.90 Å². The SMILES string of the molecule is CSc1nc(C)cc(N2CC=CCC2)n1. The number of aromatic nitrogens is 2. The monoisotopic (exact) mass is 221 g/mol. The Morgan fingerprint density at radius 1 is 1.33 bits per heavy atom. The van der Waals surface area contributed by atoms with Gasteiger partial charge in [0.1, 0.15) is 5.82 Å². The lowest BCUT2D eigenvalue weighted by molar-refractivity contribution is 0.783. The molecule has 1 aliphatic heterocycles. The largest absolute Gasteiger partial charge is 0.352 e. The van der Waals surface area contributed by atoms with Crippen molar-refractivity contribution in [2.24, 2.45) is 0 Å². The summed E-state index contributed by atoms with van der Waals surface area (Å²) in [5, 5.41) is 0.861. The summed E-state index contributed by atoms with van der Waals surface area (Å²) in [4.78, 5) is 11.2. The normalized spacial score (nSPS) is 15.7. The van der Waals surface area contributed by atoms with Crippen molar-refractivity contribution in [1.82, 2.24) is 9.97 Å². The molecule has 2 heterocycles. The van der Waals surface area contributed by atoms with Crippen LogP contribution in [0.5, 0.6) is 0 Å². The van der Waals surface area contributed by atoms with E-state index in [-0.39, 0.29) is 0 Å². The second kappa shape index (κ2) is 4.66. The highest BCUT2D eigenvalue weighted by molar-refractivity contribution is 7.98. The van der Waals surface area contributed by atoms with Gasteiger partial charge >= 0.3 is 0 Å². The number of rotatable bonds is 2. The average Bonchev–Trinajstić information content (AvgIpc) is 2.29. The van der Waals surface area contributed by atoms with Gasteiger partial charge in [-0.05, 0) is 19.6 Å². The molecule has 0 radical (unpaired) electrons. The molecule has 1 aliphatic rings. The van der Waals surface area contributed by atoms with Gasteiger partial charge in [0.25, 0.3) is 0 Å². The molecule has 0 unspecified atom stereocenters. The number of anilines is 1. The Labute approximate surface area is 94.6 Å². The number of thioether (sulfide) groups is 1. The molecule has 0 spiro atoms. The molecule has 0 N–H and O–H groups in total. The fraction of sp³-hybridized carbons (Fsp3) is 0.455. The molecule has 0 aromatic carbocycles. The molecule has 15 heavy (non-hydrogen) atoms. The molecule has 0 amide bonds. The van der Waals surface area contributed by atoms with Gasteiger partial charge in [0.15, 0.2) is 5.16 Å². The van der Waals surface area contributed by atoms with E-state index in [9.17, 15) is 0 Å². The van der Waals surface area contributed by atoms with Crippen LogP contribution in [0.3, 0.4) is 0 Å². The van der Waals surface area contributed by atoms with Crippen molar-refractivity contribution in [3.63, 3.8) is 0 Å². The highest BCUT2D eigenvalue weighted by Crippen LogP contribution is 2.18. The first-order valence-electron chi connectivity index (χ1n) is 5.09. The van der Waals surface area contributed by atoms with E-state index in [1.54, 1.807) is 11.8 Å². The topological polar surface area (TPSA) is 29.0 Å². The Morgan fingerprint density at radius 2 is 2.20 bits per heavy atom. The minimum Gasteiger partial charge on any atom is -0.352 e. The van der Waals surface area contributed by atoms with Crippen molar-refractivity contribution in [3.8, 4) is 0 Å². The van der Waals surface area contributed by atoms with E-state index in [1.807, 2.05) is 13.2 Å². The second-order valence-corrected chi connectivity index (χ2v) is 4.33. The summed E-state index contributed by atoms with van der Waals surface area (Å²) in [6.45, 7) is 4.04. The van der Waals surface area contributed by atoms with Gasteiger partial charge in [-0.3, -0.25) is 0 Å². The van der Waals surface area contributed by atoms with Crippen LogP contribution in [0.2, 0.25) is 0 Å². The standard InChI is InChI=1S/C11H15N3S/c1-9-8-10(13-11(12-9)15-2)14-6-4-3-5-7-14/h3-4,8H,5-7H2,1-2H3. The molecular weight excluding hydrogens is 206 g/mol. The Hall–Kier alpha value is -1.03. The van der Waals surface area contributed by atoms with Crippen LogP contribution in [0.25, 0.3) is 0 Å². The summed E-state index contributed by atoms with van der Waals surface area (Å²) < 4.78 is 0. The number of hydrogen-bond donors (Lipinski definition) is 0. The van der Waals surface area contributed by atoms with Gasteiger partial charge in [0, 0.05) is 24.8 Å². The number of nitrogens with zero attached hydrogens (tertiary/aromatic N) is 3. The van der Waals surface area contributed by atoms with Crippen LogP contribution in [-0.2, 0) is 0 Å². The summed E-state index contributed by atoms with van der Waals surface area (Å²) in [5.74, 6) is 1.05. The van der Waals surface area contributed by atoms with Gasteiger partial charge in [0.2, 0.25) is 0 Å². The minimum atomic E-state index is 0.861. The molecule has 0 saturated carbocycles. The van der Waals surface area contributed by atoms with Crippen LogP contribution in [0.15, 0.2) is 23.4 Å². The average molecular weight is 221 g/mol. The molecule has 0 aliphatic carbocycles. The minimum absolute atomic E-state index is 0.861. The molecule has 1 aromatic heterocycles. The fourth-order valence-corrected chi connectivity index (χ4v) is 2.05. The van der Waals surface area contributed by atoms with E-state index in [2.05, 4.69) is 33.1 Å². The van der Waals surface area contributed by atoms with Crippen LogP contribution in [-0.4, -0.2) is 29.3 Å². The predicted molar refractivity (Wildman–Crippen MR) is 64.5 cm³/mol. The third kappa shape index (κ3) is 2.50. The van der Waals surface area contributed by atoms with Crippen molar-refractivity contribution in [1.29, 1.82) is 0 Å². The smallest absolute Gasteiger partial charge is 0.189 e. The molecule has 0 atom stereocenters. The lowest BCUT2D eigenvalue weighted by atomic mass is 10.2. The first-order chi connectivity index (χ1) is 7.29. The van der Waals surface area contributed by atoms with E-state index in [4.69, 9.17) is 0 Å². The third-order valence-corrected chi connectivity index (χ3v) is 2.93. The van der Waals surface area contributed by atoms with Crippen LogP contribution < -0.4 is 4.90 Å². The van der Waals surface area contributed by atoms with E-state index in [0.29, 0.717) is 0 Å². The molecule has 0 fully saturated rings. The lowest BCUT2D eigenvalue weighted by Gasteiger charge is -2.24. The predicted octanol–water partition coefficient (Wildman–Crippen LogP) is 2.27. The molecule has 3 nitrogen and oxygen atoms in total. The first-order valence-corrected chi connectivity index (χ1v) is 6.31. The van der Waals surface area contributed by atoms with Gasteiger partial charge in [-0.15, -0.1) is 0 Å². The maximum atomic E-state index is 4.52. The summed E-state index contributed by atoms with van der Waals surface area (Å²) in [7, 11) is 0. The number of hydrogen-bond acceptors (Lipinski definition) is 4.